The third kappa shape index (κ3) is 24.2. The molecule has 2 rings (SSSR count). The van der Waals surface area contributed by atoms with E-state index in [0.29, 0.717) is 17.3 Å². The lowest BCUT2D eigenvalue weighted by Gasteiger charge is -2.34. The van der Waals surface area contributed by atoms with Gasteiger partial charge in [0.25, 0.3) is 0 Å². The van der Waals surface area contributed by atoms with E-state index in [1.807, 2.05) is 33.8 Å². The van der Waals surface area contributed by atoms with Crippen molar-refractivity contribution >= 4 is 6.09 Å². The van der Waals surface area contributed by atoms with Crippen LogP contribution in [0, 0.1) is 11.3 Å². The molecule has 1 aliphatic heterocycles. The Kier molecular flexibility index (Phi) is 29.0. The molecule has 1 atom stereocenters. The highest BCUT2D eigenvalue weighted by Crippen LogP contribution is 2.24. The molecule has 242 valence electrons. The minimum Gasteiger partial charge on any atom is -0.444 e. The first kappa shape index (κ1) is 48.2. The van der Waals surface area contributed by atoms with Crippen molar-refractivity contribution in [1.82, 2.24) is 9.80 Å². The predicted molar refractivity (Wildman–Crippen MR) is 182 cm³/mol. The summed E-state index contributed by atoms with van der Waals surface area (Å²) in [5.41, 5.74) is 1.48. The van der Waals surface area contributed by atoms with Gasteiger partial charge in [0.1, 0.15) is 5.60 Å². The summed E-state index contributed by atoms with van der Waals surface area (Å²) in [6.45, 7) is 21.6. The van der Waals surface area contributed by atoms with Crippen molar-refractivity contribution in [2.75, 3.05) is 33.7 Å². The second-order valence-corrected chi connectivity index (χ2v) is 12.5. The molecule has 1 aromatic rings. The number of hydrogen-bond donors (Lipinski definition) is 1. The number of amides is 1. The average Bonchev–Trinajstić information content (AvgIpc) is 2.79. The number of carbonyl (C=O) groups excluding carboxylic acids is 1. The highest BCUT2D eigenvalue weighted by atomic mass is 16.6. The molecule has 1 aliphatic rings. The van der Waals surface area contributed by atoms with Crippen LogP contribution in [0.3, 0.4) is 0 Å². The van der Waals surface area contributed by atoms with E-state index in [1.54, 1.807) is 4.90 Å². The zero-order chi connectivity index (χ0) is 27.9. The third-order valence-electron chi connectivity index (χ3n) is 6.51. The van der Waals surface area contributed by atoms with Gasteiger partial charge in [0.05, 0.1) is 6.10 Å². The summed E-state index contributed by atoms with van der Waals surface area (Å²) in [6.07, 6.45) is 4.46. The van der Waals surface area contributed by atoms with Crippen LogP contribution in [0.25, 0.3) is 0 Å². The van der Waals surface area contributed by atoms with E-state index in [-0.39, 0.29) is 41.9 Å². The average molecular weight is 571 g/mol. The molecular formula is C35H74N2O3. The van der Waals surface area contributed by atoms with E-state index in [0.717, 1.165) is 38.8 Å². The first-order chi connectivity index (χ1) is 16.6. The highest BCUT2D eigenvalue weighted by molar-refractivity contribution is 5.68. The number of ether oxygens (including phenoxy) is 1. The van der Waals surface area contributed by atoms with Gasteiger partial charge in [-0.15, -0.1) is 0 Å². The second kappa shape index (κ2) is 24.1. The van der Waals surface area contributed by atoms with Crippen LogP contribution in [0.15, 0.2) is 30.3 Å². The Morgan fingerprint density at radius 2 is 1.45 bits per heavy atom. The zero-order valence-electron chi connectivity index (χ0n) is 25.4. The van der Waals surface area contributed by atoms with Gasteiger partial charge >= 0.3 is 6.09 Å². The molecule has 0 aliphatic carbocycles. The Hall–Kier alpha value is -1.59. The number of hydrogen-bond acceptors (Lipinski definition) is 4. The normalized spacial score (nSPS) is 14.0. The van der Waals surface area contributed by atoms with Gasteiger partial charge in [0, 0.05) is 19.6 Å². The summed E-state index contributed by atoms with van der Waals surface area (Å²) in [5.74, 6) is 1.20. The van der Waals surface area contributed by atoms with Crippen LogP contribution < -0.4 is 0 Å². The van der Waals surface area contributed by atoms with Gasteiger partial charge in [-0.3, -0.25) is 0 Å². The van der Waals surface area contributed by atoms with Crippen LogP contribution in [0.5, 0.6) is 0 Å². The van der Waals surface area contributed by atoms with E-state index in [4.69, 9.17) is 4.74 Å². The van der Waals surface area contributed by atoms with E-state index >= 15 is 0 Å². The third-order valence-corrected chi connectivity index (χ3v) is 6.51. The summed E-state index contributed by atoms with van der Waals surface area (Å²) < 4.78 is 5.35. The van der Waals surface area contributed by atoms with Gasteiger partial charge in [-0.25, -0.2) is 4.79 Å². The maximum atomic E-state index is 11.9. The fourth-order valence-electron chi connectivity index (χ4n) is 4.03. The molecule has 1 N–H and O–H groups in total. The van der Waals surface area contributed by atoms with E-state index in [2.05, 4.69) is 77.9 Å². The van der Waals surface area contributed by atoms with Gasteiger partial charge in [-0.2, -0.15) is 0 Å². The summed E-state index contributed by atoms with van der Waals surface area (Å²) in [5, 5.41) is 9.63. The highest BCUT2D eigenvalue weighted by Gasteiger charge is 2.27. The number of rotatable bonds is 7. The van der Waals surface area contributed by atoms with Crippen LogP contribution in [-0.4, -0.2) is 66.4 Å². The molecule has 0 saturated carbocycles. The topological polar surface area (TPSA) is 53.0 Å². The van der Waals surface area contributed by atoms with Crippen molar-refractivity contribution in [2.45, 2.75) is 142 Å². The van der Waals surface area contributed by atoms with E-state index in [9.17, 15) is 9.90 Å². The van der Waals surface area contributed by atoms with Crippen molar-refractivity contribution in [1.29, 1.82) is 0 Å². The van der Waals surface area contributed by atoms with E-state index < -0.39 is 5.60 Å². The standard InChI is InChI=1S/C14H27NO3.C9H12.C8H19N.4CH4/c1-5-12(16)10-11-6-8-15(9-7-11)13(17)18-14(2,3)4;1-8(2)9-6-4-3-5-7-9;1-6-8(2,3)7-9(4)5;;;;/h11-12,16H,5-10H2,1-4H3;3-8H,1-2H3;6-7H2,1-5H3;4*1H4. The lowest BCUT2D eigenvalue weighted by molar-refractivity contribution is 0.0161. The van der Waals surface area contributed by atoms with Crippen LogP contribution in [0.4, 0.5) is 4.79 Å². The van der Waals surface area contributed by atoms with Crippen LogP contribution in [-0.2, 0) is 4.74 Å². The molecule has 0 bridgehead atoms. The lowest BCUT2D eigenvalue weighted by atomic mass is 9.90. The van der Waals surface area contributed by atoms with Crippen LogP contribution in [0.1, 0.15) is 136 Å². The Morgan fingerprint density at radius 1 is 0.975 bits per heavy atom. The molecule has 1 unspecified atom stereocenters. The SMILES string of the molecule is C.C.C.C.CC(C)c1ccccc1.CCC(C)(C)CN(C)C.CCC(O)CC1CCN(C(=O)OC(C)(C)C)CC1. The van der Waals surface area contributed by atoms with Crippen molar-refractivity contribution in [3.63, 3.8) is 0 Å². The molecule has 5 heteroatoms. The van der Waals surface area contributed by atoms with Gasteiger partial charge in [-0.1, -0.05) is 102 Å². The molecule has 0 spiro atoms. The van der Waals surface area contributed by atoms with Crippen molar-refractivity contribution in [3.05, 3.63) is 35.9 Å². The summed E-state index contributed by atoms with van der Waals surface area (Å²) in [7, 11) is 4.24. The fourth-order valence-corrected chi connectivity index (χ4v) is 4.03. The zero-order valence-corrected chi connectivity index (χ0v) is 25.4. The first-order valence-corrected chi connectivity index (χ1v) is 14.0. The van der Waals surface area contributed by atoms with Gasteiger partial charge in [-0.05, 0) is 89.8 Å². The number of carbonyl (C=O) groups is 1. The lowest BCUT2D eigenvalue weighted by Crippen LogP contribution is -2.42. The molecule has 1 saturated heterocycles. The fraction of sp³-hybridized carbons (Fsp3) is 0.800. The monoisotopic (exact) mass is 571 g/mol. The number of piperidine rings is 1. The Bertz CT molecular complexity index is 688. The maximum absolute atomic E-state index is 11.9. The molecular weight excluding hydrogens is 496 g/mol. The largest absolute Gasteiger partial charge is 0.444 e. The summed E-state index contributed by atoms with van der Waals surface area (Å²) >= 11 is 0. The molecule has 1 aromatic carbocycles. The molecule has 1 heterocycles. The maximum Gasteiger partial charge on any atom is 0.410 e. The molecule has 1 amide bonds. The van der Waals surface area contributed by atoms with Crippen LogP contribution in [0.2, 0.25) is 0 Å². The van der Waals surface area contributed by atoms with Crippen molar-refractivity contribution in [3.8, 4) is 0 Å². The predicted octanol–water partition coefficient (Wildman–Crippen LogP) is 10.1. The summed E-state index contributed by atoms with van der Waals surface area (Å²) in [6, 6.07) is 10.5. The van der Waals surface area contributed by atoms with Crippen LogP contribution >= 0.6 is 0 Å². The van der Waals surface area contributed by atoms with Crippen molar-refractivity contribution in [2.24, 2.45) is 11.3 Å². The van der Waals surface area contributed by atoms with Gasteiger partial charge in [0.15, 0.2) is 0 Å². The van der Waals surface area contributed by atoms with E-state index in [1.165, 1.54) is 18.5 Å². The Labute approximate surface area is 253 Å². The number of aliphatic hydroxyl groups excluding tert-OH is 1. The molecule has 0 radical (unpaired) electrons. The number of likely N-dealkylation sites (tertiary alicyclic amines) is 1. The number of benzene rings is 1. The number of aliphatic hydroxyl groups is 1. The molecule has 1 fully saturated rings. The second-order valence-electron chi connectivity index (χ2n) is 12.5. The Morgan fingerprint density at radius 3 is 1.75 bits per heavy atom. The van der Waals surface area contributed by atoms with Gasteiger partial charge < -0.3 is 19.6 Å². The molecule has 5 nitrogen and oxygen atoms in total. The van der Waals surface area contributed by atoms with Crippen molar-refractivity contribution < 1.29 is 14.6 Å². The molecule has 40 heavy (non-hydrogen) atoms. The minimum absolute atomic E-state index is 0. The Balaban J connectivity index is -0.000000159. The minimum atomic E-state index is -0.424. The number of nitrogens with zero attached hydrogens (tertiary/aromatic N) is 2. The van der Waals surface area contributed by atoms with Gasteiger partial charge in [0.2, 0.25) is 0 Å². The quantitative estimate of drug-likeness (QED) is 0.354. The summed E-state index contributed by atoms with van der Waals surface area (Å²) in [4.78, 5) is 15.9. The molecule has 0 aromatic heterocycles. The smallest absolute Gasteiger partial charge is 0.410 e. The first-order valence-electron chi connectivity index (χ1n) is 14.0.